The van der Waals surface area contributed by atoms with Gasteiger partial charge in [-0.3, -0.25) is 0 Å². The standard InChI is InChI=1S/C12H22/c1-5-6-9-12(4)10-7-8-11(2)3/h6,9,11H,4-5,7-8,10H2,1-3H3. The maximum Gasteiger partial charge on any atom is -0.0285 e. The summed E-state index contributed by atoms with van der Waals surface area (Å²) in [5.41, 5.74) is 1.28. The van der Waals surface area contributed by atoms with Crippen LogP contribution in [0.15, 0.2) is 24.3 Å². The van der Waals surface area contributed by atoms with Crippen LogP contribution in [0.1, 0.15) is 46.5 Å². The monoisotopic (exact) mass is 166 g/mol. The lowest BCUT2D eigenvalue weighted by atomic mass is 10.0. The topological polar surface area (TPSA) is 0 Å². The molecule has 70 valence electrons. The highest BCUT2D eigenvalue weighted by atomic mass is 14.0. The maximum atomic E-state index is 4.00. The molecule has 0 aromatic rings. The molecule has 0 rings (SSSR count). The normalized spacial score (nSPS) is 11.3. The van der Waals surface area contributed by atoms with Crippen molar-refractivity contribution >= 4 is 0 Å². The number of rotatable bonds is 6. The zero-order valence-corrected chi connectivity index (χ0v) is 8.77. The summed E-state index contributed by atoms with van der Waals surface area (Å²) < 4.78 is 0. The molecule has 0 aliphatic carbocycles. The van der Waals surface area contributed by atoms with Crippen LogP contribution < -0.4 is 0 Å². The quantitative estimate of drug-likeness (QED) is 0.515. The SMILES string of the molecule is C=C(C=CCC)CCCC(C)C. The lowest BCUT2D eigenvalue weighted by molar-refractivity contribution is 0.557. The molecular weight excluding hydrogens is 144 g/mol. The van der Waals surface area contributed by atoms with Crippen LogP contribution in [0, 0.1) is 5.92 Å². The van der Waals surface area contributed by atoms with Crippen molar-refractivity contribution in [1.29, 1.82) is 0 Å². The van der Waals surface area contributed by atoms with Crippen molar-refractivity contribution in [1.82, 2.24) is 0 Å². The maximum absolute atomic E-state index is 4.00. The zero-order chi connectivity index (χ0) is 9.40. The Labute approximate surface area is 77.4 Å². The van der Waals surface area contributed by atoms with Crippen LogP contribution in [0.5, 0.6) is 0 Å². The van der Waals surface area contributed by atoms with Gasteiger partial charge in [0.05, 0.1) is 0 Å². The zero-order valence-electron chi connectivity index (χ0n) is 8.77. The molecule has 0 aromatic heterocycles. The van der Waals surface area contributed by atoms with E-state index in [1.165, 1.54) is 18.4 Å². The summed E-state index contributed by atoms with van der Waals surface area (Å²) in [5.74, 6) is 0.827. The first-order valence-electron chi connectivity index (χ1n) is 5.01. The van der Waals surface area contributed by atoms with Crippen LogP contribution >= 0.6 is 0 Å². The molecular formula is C12H22. The third kappa shape index (κ3) is 7.59. The van der Waals surface area contributed by atoms with Crippen LogP contribution in [-0.2, 0) is 0 Å². The third-order valence-corrected chi connectivity index (χ3v) is 1.87. The molecule has 0 N–H and O–H groups in total. The molecule has 0 amide bonds. The molecule has 0 aliphatic rings. The molecule has 0 unspecified atom stereocenters. The number of hydrogen-bond donors (Lipinski definition) is 0. The number of hydrogen-bond acceptors (Lipinski definition) is 0. The van der Waals surface area contributed by atoms with Gasteiger partial charge in [-0.05, 0) is 25.2 Å². The van der Waals surface area contributed by atoms with Gasteiger partial charge in [0.15, 0.2) is 0 Å². The third-order valence-electron chi connectivity index (χ3n) is 1.87. The molecule has 0 bridgehead atoms. The molecule has 0 spiro atoms. The summed E-state index contributed by atoms with van der Waals surface area (Å²) in [6.45, 7) is 10.7. The fourth-order valence-corrected chi connectivity index (χ4v) is 1.11. The van der Waals surface area contributed by atoms with Gasteiger partial charge in [-0.25, -0.2) is 0 Å². The van der Waals surface area contributed by atoms with E-state index in [1.807, 2.05) is 0 Å². The Hall–Kier alpha value is -0.520. The van der Waals surface area contributed by atoms with E-state index in [4.69, 9.17) is 0 Å². The fourth-order valence-electron chi connectivity index (χ4n) is 1.11. The smallest absolute Gasteiger partial charge is 0.0285 e. The Morgan fingerprint density at radius 2 is 2.08 bits per heavy atom. The molecule has 0 nitrogen and oxygen atoms in total. The van der Waals surface area contributed by atoms with Crippen molar-refractivity contribution in [3.63, 3.8) is 0 Å². The Morgan fingerprint density at radius 1 is 1.42 bits per heavy atom. The molecule has 0 fully saturated rings. The van der Waals surface area contributed by atoms with Gasteiger partial charge in [0.2, 0.25) is 0 Å². The average Bonchev–Trinajstić information content (AvgIpc) is 2.00. The summed E-state index contributed by atoms with van der Waals surface area (Å²) in [7, 11) is 0. The fraction of sp³-hybridized carbons (Fsp3) is 0.667. The predicted octanol–water partition coefficient (Wildman–Crippen LogP) is 4.34. The number of allylic oxidation sites excluding steroid dienone is 3. The highest BCUT2D eigenvalue weighted by Gasteiger charge is 1.94. The van der Waals surface area contributed by atoms with Crippen LogP contribution in [0.3, 0.4) is 0 Å². The molecule has 0 aromatic carbocycles. The highest BCUT2D eigenvalue weighted by molar-refractivity contribution is 5.13. The minimum absolute atomic E-state index is 0.827. The minimum Gasteiger partial charge on any atom is -0.0958 e. The second-order valence-electron chi connectivity index (χ2n) is 3.75. The summed E-state index contributed by atoms with van der Waals surface area (Å²) in [4.78, 5) is 0. The van der Waals surface area contributed by atoms with Crippen LogP contribution in [-0.4, -0.2) is 0 Å². The average molecular weight is 166 g/mol. The summed E-state index contributed by atoms with van der Waals surface area (Å²) >= 11 is 0. The predicted molar refractivity (Wildman–Crippen MR) is 57.3 cm³/mol. The van der Waals surface area contributed by atoms with E-state index in [0.29, 0.717) is 0 Å². The Bertz CT molecular complexity index is 140. The van der Waals surface area contributed by atoms with Crippen molar-refractivity contribution in [2.24, 2.45) is 5.92 Å². The molecule has 12 heavy (non-hydrogen) atoms. The van der Waals surface area contributed by atoms with E-state index in [2.05, 4.69) is 39.5 Å². The Morgan fingerprint density at radius 3 is 2.58 bits per heavy atom. The highest BCUT2D eigenvalue weighted by Crippen LogP contribution is 2.11. The summed E-state index contributed by atoms with van der Waals surface area (Å²) in [5, 5.41) is 0. The molecule has 0 radical (unpaired) electrons. The lowest BCUT2D eigenvalue weighted by Gasteiger charge is -2.03. The molecule has 0 atom stereocenters. The summed E-state index contributed by atoms with van der Waals surface area (Å²) in [6.07, 6.45) is 9.21. The van der Waals surface area contributed by atoms with Gasteiger partial charge in [0, 0.05) is 0 Å². The Kier molecular flexibility index (Phi) is 6.84. The van der Waals surface area contributed by atoms with Gasteiger partial charge in [0.25, 0.3) is 0 Å². The van der Waals surface area contributed by atoms with Crippen LogP contribution in [0.4, 0.5) is 0 Å². The van der Waals surface area contributed by atoms with Crippen molar-refractivity contribution in [2.75, 3.05) is 0 Å². The van der Waals surface area contributed by atoms with Crippen LogP contribution in [0.25, 0.3) is 0 Å². The van der Waals surface area contributed by atoms with E-state index >= 15 is 0 Å². The van der Waals surface area contributed by atoms with Crippen molar-refractivity contribution in [3.8, 4) is 0 Å². The summed E-state index contributed by atoms with van der Waals surface area (Å²) in [6, 6.07) is 0. The molecule has 0 aliphatic heterocycles. The van der Waals surface area contributed by atoms with Gasteiger partial charge < -0.3 is 0 Å². The van der Waals surface area contributed by atoms with Crippen molar-refractivity contribution in [3.05, 3.63) is 24.3 Å². The largest absolute Gasteiger partial charge is 0.0958 e. The molecule has 0 heterocycles. The molecule has 0 heteroatoms. The van der Waals surface area contributed by atoms with E-state index < -0.39 is 0 Å². The second kappa shape index (κ2) is 7.15. The van der Waals surface area contributed by atoms with Crippen LogP contribution in [0.2, 0.25) is 0 Å². The first-order chi connectivity index (χ1) is 5.66. The second-order valence-corrected chi connectivity index (χ2v) is 3.75. The Balaban J connectivity index is 3.38. The minimum atomic E-state index is 0.827. The van der Waals surface area contributed by atoms with Gasteiger partial charge in [-0.1, -0.05) is 51.5 Å². The van der Waals surface area contributed by atoms with Crippen molar-refractivity contribution < 1.29 is 0 Å². The van der Waals surface area contributed by atoms with Crippen molar-refractivity contribution in [2.45, 2.75) is 46.5 Å². The molecule has 0 saturated carbocycles. The van der Waals surface area contributed by atoms with Gasteiger partial charge >= 0.3 is 0 Å². The van der Waals surface area contributed by atoms with Gasteiger partial charge in [0.1, 0.15) is 0 Å². The van der Waals surface area contributed by atoms with E-state index in [0.717, 1.165) is 18.8 Å². The first-order valence-corrected chi connectivity index (χ1v) is 5.01. The first kappa shape index (κ1) is 11.5. The lowest BCUT2D eigenvalue weighted by Crippen LogP contribution is -1.87. The molecule has 0 saturated heterocycles. The van der Waals surface area contributed by atoms with E-state index in [1.54, 1.807) is 0 Å². The van der Waals surface area contributed by atoms with Gasteiger partial charge in [-0.15, -0.1) is 0 Å². The van der Waals surface area contributed by atoms with E-state index in [-0.39, 0.29) is 0 Å². The van der Waals surface area contributed by atoms with Gasteiger partial charge in [-0.2, -0.15) is 0 Å². The van der Waals surface area contributed by atoms with E-state index in [9.17, 15) is 0 Å².